The van der Waals surface area contributed by atoms with Gasteiger partial charge >= 0.3 is 12.0 Å². The fraction of sp³-hybridized carbons (Fsp3) is 0.0625. The number of methoxy groups -OCH3 is 1. The van der Waals surface area contributed by atoms with E-state index in [1.165, 1.54) is 13.3 Å². The number of esters is 1. The minimum absolute atomic E-state index is 0.282. The van der Waals surface area contributed by atoms with Crippen LogP contribution in [0.2, 0.25) is 0 Å². The summed E-state index contributed by atoms with van der Waals surface area (Å²) in [6, 6.07) is 5.85. The van der Waals surface area contributed by atoms with Crippen LogP contribution in [0.15, 0.2) is 30.5 Å². The molecule has 24 heavy (non-hydrogen) atoms. The van der Waals surface area contributed by atoms with Gasteiger partial charge in [0.2, 0.25) is 0 Å². The van der Waals surface area contributed by atoms with Crippen LogP contribution in [0.4, 0.5) is 16.2 Å². The fourth-order valence-corrected chi connectivity index (χ4v) is 2.44. The van der Waals surface area contributed by atoms with Gasteiger partial charge in [-0.3, -0.25) is 4.79 Å². The number of fused-ring (bicyclic) bond motifs is 1. The number of amides is 3. The first-order valence-electron chi connectivity index (χ1n) is 6.98. The van der Waals surface area contributed by atoms with Gasteiger partial charge in [0.05, 0.1) is 18.2 Å². The van der Waals surface area contributed by atoms with Crippen LogP contribution in [0.5, 0.6) is 0 Å². The van der Waals surface area contributed by atoms with E-state index in [0.29, 0.717) is 33.8 Å². The van der Waals surface area contributed by atoms with Crippen LogP contribution in [0.3, 0.4) is 0 Å². The van der Waals surface area contributed by atoms with E-state index in [4.69, 9.17) is 5.73 Å². The number of nitrogens with one attached hydrogen (secondary N) is 3. The van der Waals surface area contributed by atoms with Crippen molar-refractivity contribution in [2.75, 3.05) is 17.7 Å². The van der Waals surface area contributed by atoms with E-state index in [9.17, 15) is 14.4 Å². The number of primary amides is 1. The van der Waals surface area contributed by atoms with Crippen molar-refractivity contribution >= 4 is 40.9 Å². The third-order valence-corrected chi connectivity index (χ3v) is 3.50. The average molecular weight is 326 g/mol. The van der Waals surface area contributed by atoms with Crippen molar-refractivity contribution < 1.29 is 19.1 Å². The van der Waals surface area contributed by atoms with E-state index in [0.717, 1.165) is 0 Å². The first-order chi connectivity index (χ1) is 11.5. The highest BCUT2D eigenvalue weighted by molar-refractivity contribution is 6.35. The molecule has 3 rings (SSSR count). The van der Waals surface area contributed by atoms with Crippen LogP contribution in [0.25, 0.3) is 11.6 Å². The third kappa shape index (κ3) is 2.84. The van der Waals surface area contributed by atoms with E-state index >= 15 is 0 Å². The first-order valence-corrected chi connectivity index (χ1v) is 6.98. The number of aromatic nitrogens is 1. The summed E-state index contributed by atoms with van der Waals surface area (Å²) >= 11 is 0. The van der Waals surface area contributed by atoms with Gasteiger partial charge in [-0.1, -0.05) is 0 Å². The molecule has 0 unspecified atom stereocenters. The average Bonchev–Trinajstić information content (AvgIpc) is 3.12. The molecule has 2 heterocycles. The predicted octanol–water partition coefficient (Wildman–Crippen LogP) is 1.78. The lowest BCUT2D eigenvalue weighted by Crippen LogP contribution is -2.19. The number of benzene rings is 1. The number of nitrogens with two attached hydrogens (primary N) is 1. The Labute approximate surface area is 136 Å². The van der Waals surface area contributed by atoms with Gasteiger partial charge in [-0.05, 0) is 30.3 Å². The quantitative estimate of drug-likeness (QED) is 0.506. The molecule has 1 aliphatic rings. The Morgan fingerprint density at radius 1 is 1.29 bits per heavy atom. The molecule has 2 aromatic rings. The van der Waals surface area contributed by atoms with Crippen LogP contribution < -0.4 is 16.4 Å². The summed E-state index contributed by atoms with van der Waals surface area (Å²) in [5.74, 6) is -0.754. The van der Waals surface area contributed by atoms with E-state index in [-0.39, 0.29) is 5.91 Å². The molecule has 1 aromatic heterocycles. The number of anilines is 2. The highest BCUT2D eigenvalue weighted by Gasteiger charge is 2.24. The summed E-state index contributed by atoms with van der Waals surface area (Å²) in [5.41, 5.74) is 8.16. The maximum atomic E-state index is 12.2. The predicted molar refractivity (Wildman–Crippen MR) is 88.3 cm³/mol. The number of carbonyl (C=O) groups is 3. The number of carbonyl (C=O) groups excluding carboxylic acids is 3. The Balaban J connectivity index is 1.97. The van der Waals surface area contributed by atoms with Gasteiger partial charge in [0.25, 0.3) is 5.91 Å². The molecule has 0 fully saturated rings. The van der Waals surface area contributed by atoms with Crippen molar-refractivity contribution in [2.24, 2.45) is 5.73 Å². The van der Waals surface area contributed by atoms with Crippen molar-refractivity contribution in [3.8, 4) is 0 Å². The largest absolute Gasteiger partial charge is 0.465 e. The third-order valence-electron chi connectivity index (χ3n) is 3.50. The topological polar surface area (TPSA) is 126 Å². The molecule has 0 radical (unpaired) electrons. The molecule has 1 aliphatic heterocycles. The molecule has 1 aromatic carbocycles. The maximum Gasteiger partial charge on any atom is 0.339 e. The summed E-state index contributed by atoms with van der Waals surface area (Å²) in [6.45, 7) is 0. The molecule has 8 nitrogen and oxygen atoms in total. The molecule has 3 amide bonds. The molecular formula is C16H14N4O4. The normalized spacial score (nSPS) is 14.2. The van der Waals surface area contributed by atoms with Crippen molar-refractivity contribution in [3.63, 3.8) is 0 Å². The summed E-state index contributed by atoms with van der Waals surface area (Å²) in [6.07, 6.45) is 3.11. The van der Waals surface area contributed by atoms with Crippen molar-refractivity contribution in [1.82, 2.24) is 4.98 Å². The second-order valence-electron chi connectivity index (χ2n) is 5.10. The highest BCUT2D eigenvalue weighted by atomic mass is 16.5. The van der Waals surface area contributed by atoms with Gasteiger partial charge in [-0.2, -0.15) is 0 Å². The van der Waals surface area contributed by atoms with Crippen molar-refractivity contribution in [2.45, 2.75) is 0 Å². The number of urea groups is 1. The van der Waals surface area contributed by atoms with Crippen molar-refractivity contribution in [3.05, 3.63) is 47.3 Å². The molecule has 0 aliphatic carbocycles. The number of hydrogen-bond donors (Lipinski definition) is 4. The van der Waals surface area contributed by atoms with Gasteiger partial charge in [-0.25, -0.2) is 9.59 Å². The summed E-state index contributed by atoms with van der Waals surface area (Å²) < 4.78 is 4.64. The number of rotatable bonds is 3. The summed E-state index contributed by atoms with van der Waals surface area (Å²) in [5, 5.41) is 5.20. The Morgan fingerprint density at radius 2 is 2.08 bits per heavy atom. The second-order valence-corrected chi connectivity index (χ2v) is 5.10. The number of H-pyrrole nitrogens is 1. The van der Waals surface area contributed by atoms with Gasteiger partial charge < -0.3 is 26.1 Å². The zero-order valence-electron chi connectivity index (χ0n) is 12.7. The lowest BCUT2D eigenvalue weighted by Gasteiger charge is -2.04. The second kappa shape index (κ2) is 5.92. The molecule has 0 atom stereocenters. The molecule has 122 valence electrons. The van der Waals surface area contributed by atoms with Crippen LogP contribution in [-0.4, -0.2) is 30.0 Å². The van der Waals surface area contributed by atoms with Gasteiger partial charge in [0.15, 0.2) is 0 Å². The zero-order chi connectivity index (χ0) is 17.3. The lowest BCUT2D eigenvalue weighted by molar-refractivity contribution is -0.110. The monoisotopic (exact) mass is 326 g/mol. The van der Waals surface area contributed by atoms with E-state index in [1.54, 1.807) is 30.3 Å². The molecule has 8 heteroatoms. The van der Waals surface area contributed by atoms with E-state index < -0.39 is 12.0 Å². The highest BCUT2D eigenvalue weighted by Crippen LogP contribution is 2.35. The number of aromatic amines is 1. The van der Waals surface area contributed by atoms with E-state index in [1.807, 2.05) is 0 Å². The van der Waals surface area contributed by atoms with Crippen LogP contribution in [-0.2, 0) is 9.53 Å². The fourth-order valence-electron chi connectivity index (χ4n) is 2.44. The SMILES string of the molecule is COC(=O)c1c[nH]c(/C=C2\C(=O)Nc3ccc(NC(N)=O)cc32)c1. The van der Waals surface area contributed by atoms with Crippen LogP contribution in [0.1, 0.15) is 21.6 Å². The van der Waals surface area contributed by atoms with Crippen molar-refractivity contribution in [1.29, 1.82) is 0 Å². The lowest BCUT2D eigenvalue weighted by atomic mass is 10.1. The smallest absolute Gasteiger partial charge is 0.339 e. The van der Waals surface area contributed by atoms with Gasteiger partial charge in [0, 0.05) is 28.8 Å². The maximum absolute atomic E-state index is 12.2. The Bertz CT molecular complexity index is 882. The minimum Gasteiger partial charge on any atom is -0.465 e. The first kappa shape index (κ1) is 15.3. The number of ether oxygens (including phenoxy) is 1. The zero-order valence-corrected chi connectivity index (χ0v) is 12.7. The molecule has 0 saturated heterocycles. The molecule has 0 spiro atoms. The summed E-state index contributed by atoms with van der Waals surface area (Å²) in [4.78, 5) is 37.5. The minimum atomic E-state index is -0.690. The number of hydrogen-bond acceptors (Lipinski definition) is 4. The summed E-state index contributed by atoms with van der Waals surface area (Å²) in [7, 11) is 1.29. The molecule has 0 saturated carbocycles. The van der Waals surface area contributed by atoms with Crippen LogP contribution >= 0.6 is 0 Å². The molecule has 5 N–H and O–H groups in total. The Morgan fingerprint density at radius 3 is 2.79 bits per heavy atom. The Kier molecular flexibility index (Phi) is 3.78. The standard InChI is InChI=1S/C16H14N4O4/c1-24-15(22)8-4-10(18-7-8)6-12-11-5-9(19-16(17)23)2-3-13(11)20-14(12)21/h2-7,18H,1H3,(H,20,21)(H3,17,19,23)/b12-6-. The van der Waals surface area contributed by atoms with Gasteiger partial charge in [0.1, 0.15) is 0 Å². The molecular weight excluding hydrogens is 312 g/mol. The Hall–Kier alpha value is -3.55. The van der Waals surface area contributed by atoms with Crippen LogP contribution in [0, 0.1) is 0 Å². The van der Waals surface area contributed by atoms with Gasteiger partial charge in [-0.15, -0.1) is 0 Å². The molecule has 0 bridgehead atoms. The van der Waals surface area contributed by atoms with E-state index in [2.05, 4.69) is 20.4 Å².